The molecule has 19 heavy (non-hydrogen) atoms. The van der Waals surface area contributed by atoms with Crippen molar-refractivity contribution >= 4 is 0 Å². The number of nitrogens with one attached hydrogen (secondary N) is 1. The van der Waals surface area contributed by atoms with Crippen LogP contribution in [0.15, 0.2) is 18.2 Å². The summed E-state index contributed by atoms with van der Waals surface area (Å²) in [7, 11) is 5.50. The van der Waals surface area contributed by atoms with Crippen molar-refractivity contribution in [2.75, 3.05) is 34.4 Å². The van der Waals surface area contributed by atoms with Crippen LogP contribution in [0.2, 0.25) is 0 Å². The van der Waals surface area contributed by atoms with Gasteiger partial charge in [-0.05, 0) is 37.6 Å². The molecular formula is C15H24N2O2. The molecule has 106 valence electrons. The van der Waals surface area contributed by atoms with E-state index in [0.29, 0.717) is 0 Å². The van der Waals surface area contributed by atoms with Crippen LogP contribution >= 0.6 is 0 Å². The zero-order valence-electron chi connectivity index (χ0n) is 12.1. The van der Waals surface area contributed by atoms with Crippen molar-refractivity contribution in [2.24, 2.45) is 0 Å². The molecule has 1 N–H and O–H groups in total. The number of methoxy groups -OCH3 is 2. The van der Waals surface area contributed by atoms with Crippen LogP contribution in [-0.4, -0.2) is 45.3 Å². The summed E-state index contributed by atoms with van der Waals surface area (Å²) in [4.78, 5) is 2.31. The molecule has 1 aliphatic rings. The molecule has 0 atom stereocenters. The minimum atomic E-state index is 0.783. The molecule has 0 saturated heterocycles. The summed E-state index contributed by atoms with van der Waals surface area (Å²) in [6, 6.07) is 6.81. The predicted octanol–water partition coefficient (Wildman–Crippen LogP) is 1.89. The average Bonchev–Trinajstić information content (AvgIpc) is 3.22. The Morgan fingerprint density at radius 3 is 2.32 bits per heavy atom. The number of ether oxygens (including phenoxy) is 2. The lowest BCUT2D eigenvalue weighted by atomic mass is 10.2. The van der Waals surface area contributed by atoms with Gasteiger partial charge in [0, 0.05) is 31.7 Å². The number of nitrogens with zero attached hydrogens (tertiary/aromatic N) is 1. The third-order valence-corrected chi connectivity index (χ3v) is 3.37. The molecule has 2 rings (SSSR count). The van der Waals surface area contributed by atoms with Crippen LogP contribution < -0.4 is 14.8 Å². The Balaban J connectivity index is 1.85. The second-order valence-corrected chi connectivity index (χ2v) is 5.19. The van der Waals surface area contributed by atoms with Gasteiger partial charge in [-0.3, -0.25) is 0 Å². The summed E-state index contributed by atoms with van der Waals surface area (Å²) in [6.45, 7) is 3.01. The molecule has 1 saturated carbocycles. The molecule has 1 aromatic carbocycles. The van der Waals surface area contributed by atoms with Crippen LogP contribution in [-0.2, 0) is 6.54 Å². The van der Waals surface area contributed by atoms with Gasteiger partial charge in [0.15, 0.2) is 0 Å². The average molecular weight is 264 g/mol. The van der Waals surface area contributed by atoms with E-state index in [2.05, 4.69) is 29.4 Å². The van der Waals surface area contributed by atoms with E-state index in [1.165, 1.54) is 18.4 Å². The van der Waals surface area contributed by atoms with E-state index < -0.39 is 0 Å². The van der Waals surface area contributed by atoms with Crippen molar-refractivity contribution < 1.29 is 9.47 Å². The minimum absolute atomic E-state index is 0.783. The first kappa shape index (κ1) is 14.2. The molecule has 0 amide bonds. The van der Waals surface area contributed by atoms with Gasteiger partial charge in [0.05, 0.1) is 14.2 Å². The molecule has 4 heteroatoms. The normalized spacial score (nSPS) is 14.7. The fourth-order valence-electron chi connectivity index (χ4n) is 2.10. The first-order valence-electron chi connectivity index (χ1n) is 6.85. The minimum Gasteiger partial charge on any atom is -0.497 e. The van der Waals surface area contributed by atoms with E-state index in [1.807, 2.05) is 6.07 Å². The Kier molecular flexibility index (Phi) is 5.05. The highest BCUT2D eigenvalue weighted by atomic mass is 16.5. The largest absolute Gasteiger partial charge is 0.497 e. The van der Waals surface area contributed by atoms with Gasteiger partial charge in [0.1, 0.15) is 11.5 Å². The van der Waals surface area contributed by atoms with Crippen molar-refractivity contribution in [1.82, 2.24) is 10.2 Å². The monoisotopic (exact) mass is 264 g/mol. The topological polar surface area (TPSA) is 33.7 Å². The molecule has 0 aromatic heterocycles. The molecule has 0 aliphatic heterocycles. The van der Waals surface area contributed by atoms with Crippen molar-refractivity contribution in [3.63, 3.8) is 0 Å². The first-order valence-corrected chi connectivity index (χ1v) is 6.85. The van der Waals surface area contributed by atoms with Crippen molar-refractivity contribution in [3.8, 4) is 11.5 Å². The van der Waals surface area contributed by atoms with Gasteiger partial charge in [-0.25, -0.2) is 0 Å². The van der Waals surface area contributed by atoms with Crippen molar-refractivity contribution in [2.45, 2.75) is 25.4 Å². The van der Waals surface area contributed by atoms with E-state index in [-0.39, 0.29) is 0 Å². The summed E-state index contributed by atoms with van der Waals surface area (Å²) in [6.07, 6.45) is 2.69. The van der Waals surface area contributed by atoms with E-state index >= 15 is 0 Å². The Morgan fingerprint density at radius 2 is 1.79 bits per heavy atom. The van der Waals surface area contributed by atoms with Crippen LogP contribution in [0.4, 0.5) is 0 Å². The second-order valence-electron chi connectivity index (χ2n) is 5.19. The van der Waals surface area contributed by atoms with Crippen molar-refractivity contribution in [3.05, 3.63) is 23.8 Å². The molecular weight excluding hydrogens is 240 g/mol. The van der Waals surface area contributed by atoms with E-state index in [9.17, 15) is 0 Å². The van der Waals surface area contributed by atoms with E-state index in [0.717, 1.165) is 37.2 Å². The SMILES string of the molecule is COc1cc(CN(C)CCNC2CC2)cc(OC)c1. The van der Waals surface area contributed by atoms with Crippen molar-refractivity contribution in [1.29, 1.82) is 0 Å². The molecule has 0 spiro atoms. The van der Waals surface area contributed by atoms with Gasteiger partial charge in [-0.2, -0.15) is 0 Å². The zero-order chi connectivity index (χ0) is 13.7. The van der Waals surface area contributed by atoms with Crippen LogP contribution in [0.3, 0.4) is 0 Å². The quantitative estimate of drug-likeness (QED) is 0.777. The lowest BCUT2D eigenvalue weighted by Gasteiger charge is -2.18. The second kappa shape index (κ2) is 6.78. The molecule has 0 heterocycles. The van der Waals surface area contributed by atoms with Gasteiger partial charge in [0.25, 0.3) is 0 Å². The van der Waals surface area contributed by atoms with Gasteiger partial charge >= 0.3 is 0 Å². The van der Waals surface area contributed by atoms with Gasteiger partial charge in [0.2, 0.25) is 0 Å². The van der Waals surface area contributed by atoms with Gasteiger partial charge < -0.3 is 19.7 Å². The fourth-order valence-corrected chi connectivity index (χ4v) is 2.10. The smallest absolute Gasteiger partial charge is 0.122 e. The molecule has 1 aliphatic carbocycles. The summed E-state index contributed by atoms with van der Waals surface area (Å²) >= 11 is 0. The lowest BCUT2D eigenvalue weighted by Crippen LogP contribution is -2.30. The standard InChI is InChI=1S/C15H24N2O2/c1-17(7-6-16-13-4-5-13)11-12-8-14(18-2)10-15(9-12)19-3/h8-10,13,16H,4-7,11H2,1-3H3. The molecule has 4 nitrogen and oxygen atoms in total. The predicted molar refractivity (Wildman–Crippen MR) is 76.9 cm³/mol. The number of benzene rings is 1. The van der Waals surface area contributed by atoms with Crippen LogP contribution in [0.1, 0.15) is 18.4 Å². The third kappa shape index (κ3) is 4.73. The Bertz CT molecular complexity index is 383. The summed E-state index contributed by atoms with van der Waals surface area (Å²) in [5, 5.41) is 3.53. The molecule has 1 aromatic rings. The number of likely N-dealkylation sites (N-methyl/N-ethyl adjacent to an activating group) is 1. The Hall–Kier alpha value is -1.26. The Labute approximate surface area is 115 Å². The number of rotatable bonds is 8. The first-order chi connectivity index (χ1) is 9.21. The highest BCUT2D eigenvalue weighted by Gasteiger charge is 2.19. The van der Waals surface area contributed by atoms with Gasteiger partial charge in [-0.15, -0.1) is 0 Å². The highest BCUT2D eigenvalue weighted by molar-refractivity contribution is 5.38. The van der Waals surface area contributed by atoms with Crippen LogP contribution in [0.5, 0.6) is 11.5 Å². The van der Waals surface area contributed by atoms with E-state index in [4.69, 9.17) is 9.47 Å². The molecule has 0 unspecified atom stereocenters. The highest BCUT2D eigenvalue weighted by Crippen LogP contribution is 2.23. The fraction of sp³-hybridized carbons (Fsp3) is 0.600. The van der Waals surface area contributed by atoms with E-state index in [1.54, 1.807) is 14.2 Å². The van der Waals surface area contributed by atoms with Gasteiger partial charge in [-0.1, -0.05) is 0 Å². The maximum atomic E-state index is 5.29. The summed E-state index contributed by atoms with van der Waals surface area (Å²) < 4.78 is 10.6. The van der Waals surface area contributed by atoms with Crippen LogP contribution in [0.25, 0.3) is 0 Å². The zero-order valence-corrected chi connectivity index (χ0v) is 12.1. The number of hydrogen-bond acceptors (Lipinski definition) is 4. The summed E-state index contributed by atoms with van der Waals surface area (Å²) in [5.41, 5.74) is 1.21. The maximum Gasteiger partial charge on any atom is 0.122 e. The number of hydrogen-bond donors (Lipinski definition) is 1. The molecule has 0 radical (unpaired) electrons. The lowest BCUT2D eigenvalue weighted by molar-refractivity contribution is 0.321. The molecule has 0 bridgehead atoms. The third-order valence-electron chi connectivity index (χ3n) is 3.37. The summed E-state index contributed by atoms with van der Waals surface area (Å²) in [5.74, 6) is 1.69. The van der Waals surface area contributed by atoms with Crippen LogP contribution in [0, 0.1) is 0 Å². The molecule has 1 fully saturated rings. The maximum absolute atomic E-state index is 5.29. The Morgan fingerprint density at radius 1 is 1.16 bits per heavy atom.